The second-order valence-corrected chi connectivity index (χ2v) is 6.57. The second-order valence-electron chi connectivity index (χ2n) is 6.13. The lowest BCUT2D eigenvalue weighted by Gasteiger charge is -2.36. The van der Waals surface area contributed by atoms with Crippen molar-refractivity contribution < 1.29 is 4.74 Å². The summed E-state index contributed by atoms with van der Waals surface area (Å²) in [6.45, 7) is 11.7. The van der Waals surface area contributed by atoms with Crippen molar-refractivity contribution in [1.82, 2.24) is 4.90 Å². The molecule has 1 heterocycles. The van der Waals surface area contributed by atoms with Crippen LogP contribution in [0.15, 0.2) is 24.3 Å². The average Bonchev–Trinajstić information content (AvgIpc) is 2.47. The third-order valence-electron chi connectivity index (χ3n) is 3.76. The highest BCUT2D eigenvalue weighted by molar-refractivity contribution is 6.30. The molecular weight excluding hydrogens is 355 g/mol. The zero-order chi connectivity index (χ0) is 15.1. The van der Waals surface area contributed by atoms with Gasteiger partial charge in [-0.3, -0.25) is 4.90 Å². The lowest BCUT2D eigenvalue weighted by molar-refractivity contribution is 0.0985. The number of piperazine rings is 1. The monoisotopic (exact) mass is 382 g/mol. The van der Waals surface area contributed by atoms with Crippen molar-refractivity contribution in [3.63, 3.8) is 0 Å². The van der Waals surface area contributed by atoms with Gasteiger partial charge in [0, 0.05) is 56.6 Å². The normalized spacial score (nSPS) is 15.2. The number of halogens is 3. The van der Waals surface area contributed by atoms with Crippen LogP contribution in [0.3, 0.4) is 0 Å². The van der Waals surface area contributed by atoms with Crippen LogP contribution in [0.5, 0.6) is 0 Å². The van der Waals surface area contributed by atoms with Crippen LogP contribution in [-0.2, 0) is 4.74 Å². The van der Waals surface area contributed by atoms with Crippen molar-refractivity contribution in [1.29, 1.82) is 0 Å². The van der Waals surface area contributed by atoms with Crippen LogP contribution in [0.25, 0.3) is 0 Å². The Hall–Kier alpha value is -0.190. The molecule has 2 rings (SSSR count). The van der Waals surface area contributed by atoms with Crippen LogP contribution < -0.4 is 4.90 Å². The number of nitrogens with zero attached hydrogens (tertiary/aromatic N) is 2. The van der Waals surface area contributed by atoms with Crippen LogP contribution in [-0.4, -0.2) is 50.8 Å². The molecule has 0 spiro atoms. The van der Waals surface area contributed by atoms with E-state index >= 15 is 0 Å². The molecule has 6 heteroatoms. The maximum atomic E-state index is 6.06. The summed E-state index contributed by atoms with van der Waals surface area (Å²) < 4.78 is 5.64. The third-order valence-corrected chi connectivity index (χ3v) is 3.99. The van der Waals surface area contributed by atoms with Crippen molar-refractivity contribution >= 4 is 42.1 Å². The first-order valence-corrected chi connectivity index (χ1v) is 8.33. The standard InChI is InChI=1S/C17H27ClN2O.2ClH/c1-15(2)14-21-12-4-7-19-8-10-20(11-9-19)17-6-3-5-16(18)13-17;;/h3,5-6,13,15H,4,7-12,14H2,1-2H3;2*1H. The van der Waals surface area contributed by atoms with Crippen LogP contribution in [0, 0.1) is 5.92 Å². The fourth-order valence-corrected chi connectivity index (χ4v) is 2.80. The van der Waals surface area contributed by atoms with E-state index in [9.17, 15) is 0 Å². The third kappa shape index (κ3) is 8.46. The Labute approximate surface area is 158 Å². The van der Waals surface area contributed by atoms with E-state index in [1.54, 1.807) is 0 Å². The fraction of sp³-hybridized carbons (Fsp3) is 0.647. The molecule has 1 aliphatic rings. The van der Waals surface area contributed by atoms with Gasteiger partial charge in [0.25, 0.3) is 0 Å². The number of anilines is 1. The molecule has 0 aromatic heterocycles. The highest BCUT2D eigenvalue weighted by atomic mass is 35.5. The van der Waals surface area contributed by atoms with E-state index in [2.05, 4.69) is 35.8 Å². The van der Waals surface area contributed by atoms with Crippen molar-refractivity contribution in [2.45, 2.75) is 20.3 Å². The Morgan fingerprint density at radius 1 is 1.13 bits per heavy atom. The second kappa shape index (κ2) is 12.2. The molecule has 0 saturated carbocycles. The maximum Gasteiger partial charge on any atom is 0.0489 e. The first-order chi connectivity index (χ1) is 10.1. The molecule has 1 fully saturated rings. The van der Waals surface area contributed by atoms with Crippen molar-refractivity contribution in [3.05, 3.63) is 29.3 Å². The first kappa shape index (κ1) is 22.8. The van der Waals surface area contributed by atoms with Gasteiger partial charge in [0.1, 0.15) is 0 Å². The summed E-state index contributed by atoms with van der Waals surface area (Å²) in [4.78, 5) is 4.94. The first-order valence-electron chi connectivity index (χ1n) is 7.96. The average molecular weight is 384 g/mol. The molecule has 0 N–H and O–H groups in total. The van der Waals surface area contributed by atoms with Crippen molar-refractivity contribution in [2.75, 3.05) is 50.8 Å². The predicted molar refractivity (Wildman–Crippen MR) is 105 cm³/mol. The van der Waals surface area contributed by atoms with Crippen LogP contribution in [0.1, 0.15) is 20.3 Å². The minimum atomic E-state index is 0. The summed E-state index contributed by atoms with van der Waals surface area (Å²) in [6, 6.07) is 8.15. The summed E-state index contributed by atoms with van der Waals surface area (Å²) >= 11 is 6.06. The Kier molecular flexibility index (Phi) is 12.1. The Balaban J connectivity index is 0.00000242. The zero-order valence-electron chi connectivity index (χ0n) is 14.0. The van der Waals surface area contributed by atoms with E-state index in [1.807, 2.05) is 12.1 Å². The molecule has 1 saturated heterocycles. The van der Waals surface area contributed by atoms with Crippen LogP contribution >= 0.6 is 36.4 Å². The summed E-state index contributed by atoms with van der Waals surface area (Å²) in [7, 11) is 0. The Morgan fingerprint density at radius 2 is 1.83 bits per heavy atom. The van der Waals surface area contributed by atoms with Crippen molar-refractivity contribution in [3.8, 4) is 0 Å². The number of benzene rings is 1. The molecule has 0 atom stereocenters. The van der Waals surface area contributed by atoms with Gasteiger partial charge in [-0.25, -0.2) is 0 Å². The molecule has 0 radical (unpaired) electrons. The SMILES string of the molecule is CC(C)COCCCN1CCN(c2cccc(Cl)c2)CC1.Cl.Cl. The summed E-state index contributed by atoms with van der Waals surface area (Å²) in [5, 5.41) is 0.817. The van der Waals surface area contributed by atoms with Crippen LogP contribution in [0.2, 0.25) is 5.02 Å². The van der Waals surface area contributed by atoms with Gasteiger partial charge < -0.3 is 9.64 Å². The number of rotatable bonds is 7. The number of hydrogen-bond acceptors (Lipinski definition) is 3. The molecule has 0 unspecified atom stereocenters. The molecule has 1 aromatic rings. The Bertz CT molecular complexity index is 424. The van der Waals surface area contributed by atoms with Gasteiger partial charge in [0.15, 0.2) is 0 Å². The quantitative estimate of drug-likeness (QED) is 0.650. The largest absolute Gasteiger partial charge is 0.381 e. The predicted octanol–water partition coefficient (Wildman–Crippen LogP) is 4.37. The molecule has 134 valence electrons. The summed E-state index contributed by atoms with van der Waals surface area (Å²) in [5.74, 6) is 0.631. The summed E-state index contributed by atoms with van der Waals surface area (Å²) in [5.41, 5.74) is 1.24. The molecule has 3 nitrogen and oxygen atoms in total. The lowest BCUT2D eigenvalue weighted by Crippen LogP contribution is -2.46. The molecule has 23 heavy (non-hydrogen) atoms. The van der Waals surface area contributed by atoms with Gasteiger partial charge in [-0.05, 0) is 30.5 Å². The fourth-order valence-electron chi connectivity index (χ4n) is 2.61. The van der Waals surface area contributed by atoms with E-state index < -0.39 is 0 Å². The van der Waals surface area contributed by atoms with Gasteiger partial charge in [0.2, 0.25) is 0 Å². The van der Waals surface area contributed by atoms with Gasteiger partial charge >= 0.3 is 0 Å². The van der Waals surface area contributed by atoms with Crippen molar-refractivity contribution in [2.24, 2.45) is 5.92 Å². The molecular formula is C17H29Cl3N2O. The lowest BCUT2D eigenvalue weighted by atomic mass is 10.2. The summed E-state index contributed by atoms with van der Waals surface area (Å²) in [6.07, 6.45) is 1.13. The van der Waals surface area contributed by atoms with E-state index in [1.165, 1.54) is 5.69 Å². The minimum Gasteiger partial charge on any atom is -0.381 e. The highest BCUT2D eigenvalue weighted by Crippen LogP contribution is 2.20. The molecule has 0 aliphatic carbocycles. The zero-order valence-corrected chi connectivity index (χ0v) is 16.4. The van der Waals surface area contributed by atoms with E-state index in [-0.39, 0.29) is 24.8 Å². The Morgan fingerprint density at radius 3 is 2.43 bits per heavy atom. The van der Waals surface area contributed by atoms with E-state index in [4.69, 9.17) is 16.3 Å². The maximum absolute atomic E-state index is 6.06. The van der Waals surface area contributed by atoms with E-state index in [0.29, 0.717) is 5.92 Å². The van der Waals surface area contributed by atoms with Gasteiger partial charge in [-0.1, -0.05) is 31.5 Å². The van der Waals surface area contributed by atoms with Crippen LogP contribution in [0.4, 0.5) is 5.69 Å². The molecule has 1 aliphatic heterocycles. The van der Waals surface area contributed by atoms with Gasteiger partial charge in [0.05, 0.1) is 0 Å². The van der Waals surface area contributed by atoms with Gasteiger partial charge in [-0.15, -0.1) is 24.8 Å². The number of hydrogen-bond donors (Lipinski definition) is 0. The highest BCUT2D eigenvalue weighted by Gasteiger charge is 2.16. The van der Waals surface area contributed by atoms with Gasteiger partial charge in [-0.2, -0.15) is 0 Å². The van der Waals surface area contributed by atoms with E-state index in [0.717, 1.165) is 57.4 Å². The molecule has 1 aromatic carbocycles. The smallest absolute Gasteiger partial charge is 0.0489 e. The molecule has 0 bridgehead atoms. The number of ether oxygens (including phenoxy) is 1. The minimum absolute atomic E-state index is 0. The topological polar surface area (TPSA) is 15.7 Å². The molecule has 0 amide bonds.